The summed E-state index contributed by atoms with van der Waals surface area (Å²) in [5.41, 5.74) is 3.12. The number of hydrogen-bond acceptors (Lipinski definition) is 3. The molecule has 0 amide bonds. The zero-order chi connectivity index (χ0) is 14.0. The second-order valence-electron chi connectivity index (χ2n) is 4.31. The minimum atomic E-state index is 0.802. The zero-order valence-corrected chi connectivity index (χ0v) is 12.8. The SMILES string of the molecule is CCCN(C)CCc1ccc(C)c(C#N)c1.CS. The van der Waals surface area contributed by atoms with Crippen LogP contribution in [0.5, 0.6) is 0 Å². The van der Waals surface area contributed by atoms with E-state index >= 15 is 0 Å². The number of benzene rings is 1. The lowest BCUT2D eigenvalue weighted by atomic mass is 10.0. The lowest BCUT2D eigenvalue weighted by molar-refractivity contribution is 0.339. The minimum absolute atomic E-state index is 0.802. The third kappa shape index (κ3) is 6.09. The Kier molecular flexibility index (Phi) is 9.45. The molecular weight excluding hydrogens is 240 g/mol. The summed E-state index contributed by atoms with van der Waals surface area (Å²) < 4.78 is 0. The molecule has 1 aromatic carbocycles. The molecule has 0 saturated carbocycles. The van der Waals surface area contributed by atoms with E-state index in [0.717, 1.165) is 30.6 Å². The molecule has 0 aliphatic carbocycles. The quantitative estimate of drug-likeness (QED) is 0.826. The van der Waals surface area contributed by atoms with Crippen molar-refractivity contribution in [2.75, 3.05) is 26.4 Å². The van der Waals surface area contributed by atoms with Gasteiger partial charge >= 0.3 is 0 Å². The summed E-state index contributed by atoms with van der Waals surface area (Å²) >= 11 is 3.53. The molecule has 3 heteroatoms. The van der Waals surface area contributed by atoms with Crippen molar-refractivity contribution in [1.29, 1.82) is 5.26 Å². The molecule has 0 spiro atoms. The van der Waals surface area contributed by atoms with Gasteiger partial charge in [0.25, 0.3) is 0 Å². The van der Waals surface area contributed by atoms with Crippen molar-refractivity contribution in [2.45, 2.75) is 26.7 Å². The van der Waals surface area contributed by atoms with Crippen LogP contribution in [-0.2, 0) is 6.42 Å². The second-order valence-corrected chi connectivity index (χ2v) is 4.31. The molecule has 0 saturated heterocycles. The maximum atomic E-state index is 8.94. The highest BCUT2D eigenvalue weighted by molar-refractivity contribution is 7.79. The number of rotatable bonds is 5. The molecule has 18 heavy (non-hydrogen) atoms. The van der Waals surface area contributed by atoms with Crippen LogP contribution in [0, 0.1) is 18.3 Å². The molecular formula is C15H24N2S. The van der Waals surface area contributed by atoms with E-state index in [9.17, 15) is 0 Å². The van der Waals surface area contributed by atoms with Gasteiger partial charge in [0.2, 0.25) is 0 Å². The normalized spacial score (nSPS) is 9.61. The van der Waals surface area contributed by atoms with E-state index in [4.69, 9.17) is 5.26 Å². The van der Waals surface area contributed by atoms with Gasteiger partial charge in [-0.25, -0.2) is 0 Å². The molecule has 0 heterocycles. The van der Waals surface area contributed by atoms with E-state index < -0.39 is 0 Å². The van der Waals surface area contributed by atoms with Gasteiger partial charge in [0.15, 0.2) is 0 Å². The lowest BCUT2D eigenvalue weighted by Gasteiger charge is -2.15. The van der Waals surface area contributed by atoms with Gasteiger partial charge in [0.05, 0.1) is 11.6 Å². The summed E-state index contributed by atoms with van der Waals surface area (Å²) in [5, 5.41) is 8.94. The lowest BCUT2D eigenvalue weighted by Crippen LogP contribution is -2.21. The highest BCUT2D eigenvalue weighted by Crippen LogP contribution is 2.10. The van der Waals surface area contributed by atoms with Gasteiger partial charge < -0.3 is 4.90 Å². The van der Waals surface area contributed by atoms with Crippen LogP contribution in [-0.4, -0.2) is 31.3 Å². The predicted molar refractivity (Wildman–Crippen MR) is 82.3 cm³/mol. The molecule has 100 valence electrons. The van der Waals surface area contributed by atoms with Crippen molar-refractivity contribution in [2.24, 2.45) is 0 Å². The highest BCUT2D eigenvalue weighted by atomic mass is 32.1. The molecule has 1 aromatic rings. The molecule has 0 aromatic heterocycles. The first-order valence-electron chi connectivity index (χ1n) is 6.30. The molecule has 0 N–H and O–H groups in total. The number of aryl methyl sites for hydroxylation is 1. The minimum Gasteiger partial charge on any atom is -0.306 e. The fourth-order valence-corrected chi connectivity index (χ4v) is 1.76. The zero-order valence-electron chi connectivity index (χ0n) is 11.9. The molecule has 0 aliphatic heterocycles. The summed E-state index contributed by atoms with van der Waals surface area (Å²) in [6, 6.07) is 8.40. The average Bonchev–Trinajstić information content (AvgIpc) is 2.40. The Labute approximate surface area is 117 Å². The van der Waals surface area contributed by atoms with E-state index in [0.29, 0.717) is 0 Å². The monoisotopic (exact) mass is 264 g/mol. The summed E-state index contributed by atoms with van der Waals surface area (Å²) in [7, 11) is 2.14. The second kappa shape index (κ2) is 9.99. The average molecular weight is 264 g/mol. The third-order valence-corrected chi connectivity index (χ3v) is 2.81. The van der Waals surface area contributed by atoms with Crippen molar-refractivity contribution in [1.82, 2.24) is 4.90 Å². The van der Waals surface area contributed by atoms with Crippen LogP contribution in [0.15, 0.2) is 18.2 Å². The maximum Gasteiger partial charge on any atom is 0.0994 e. The summed E-state index contributed by atoms with van der Waals surface area (Å²) in [4.78, 5) is 2.33. The van der Waals surface area contributed by atoms with Crippen LogP contribution < -0.4 is 0 Å². The Bertz CT molecular complexity index is 383. The predicted octanol–water partition coefficient (Wildman–Crippen LogP) is 3.30. The van der Waals surface area contributed by atoms with Crippen LogP contribution in [0.4, 0.5) is 0 Å². The number of nitriles is 1. The Morgan fingerprint density at radius 3 is 2.50 bits per heavy atom. The largest absolute Gasteiger partial charge is 0.306 e. The van der Waals surface area contributed by atoms with E-state index in [1.807, 2.05) is 19.1 Å². The van der Waals surface area contributed by atoms with Gasteiger partial charge in [0, 0.05) is 6.54 Å². The van der Waals surface area contributed by atoms with Crippen molar-refractivity contribution < 1.29 is 0 Å². The Morgan fingerprint density at radius 2 is 1.94 bits per heavy atom. The Hall–Kier alpha value is -0.980. The van der Waals surface area contributed by atoms with Gasteiger partial charge in [-0.2, -0.15) is 17.9 Å². The van der Waals surface area contributed by atoms with Crippen LogP contribution in [0.1, 0.15) is 30.0 Å². The number of likely N-dealkylation sites (N-methyl/N-ethyl adjacent to an activating group) is 1. The molecule has 0 atom stereocenters. The molecule has 0 bridgehead atoms. The molecule has 0 radical (unpaired) electrons. The van der Waals surface area contributed by atoms with E-state index in [2.05, 4.69) is 43.6 Å². The van der Waals surface area contributed by atoms with Crippen LogP contribution in [0.25, 0.3) is 0 Å². The fraction of sp³-hybridized carbons (Fsp3) is 0.533. The first-order valence-corrected chi connectivity index (χ1v) is 7.19. The van der Waals surface area contributed by atoms with Crippen molar-refractivity contribution in [3.63, 3.8) is 0 Å². The van der Waals surface area contributed by atoms with Crippen molar-refractivity contribution in [3.05, 3.63) is 34.9 Å². The standard InChI is InChI=1S/C14H20N2.CH4S/c1-4-8-16(3)9-7-13-6-5-12(2)14(10-13)11-15;1-2/h5-6,10H,4,7-9H2,1-3H3;2H,1H3. The molecule has 0 fully saturated rings. The number of hydrogen-bond donors (Lipinski definition) is 1. The highest BCUT2D eigenvalue weighted by Gasteiger charge is 2.01. The summed E-state index contributed by atoms with van der Waals surface area (Å²) in [5.74, 6) is 0. The van der Waals surface area contributed by atoms with Gasteiger partial charge in [-0.1, -0.05) is 19.1 Å². The van der Waals surface area contributed by atoms with Gasteiger partial charge in [-0.15, -0.1) is 0 Å². The van der Waals surface area contributed by atoms with Crippen LogP contribution >= 0.6 is 12.6 Å². The van der Waals surface area contributed by atoms with E-state index in [-0.39, 0.29) is 0 Å². The van der Waals surface area contributed by atoms with E-state index in [1.165, 1.54) is 12.0 Å². The Morgan fingerprint density at radius 1 is 1.28 bits per heavy atom. The molecule has 2 nitrogen and oxygen atoms in total. The van der Waals surface area contributed by atoms with Gasteiger partial charge in [-0.05, 0) is 56.8 Å². The number of thiol groups is 1. The number of nitrogens with zero attached hydrogens (tertiary/aromatic N) is 2. The first-order chi connectivity index (χ1) is 8.67. The smallest absolute Gasteiger partial charge is 0.0994 e. The first kappa shape index (κ1) is 17.0. The van der Waals surface area contributed by atoms with Crippen molar-refractivity contribution >= 4 is 12.6 Å². The molecule has 0 unspecified atom stereocenters. The van der Waals surface area contributed by atoms with E-state index in [1.54, 1.807) is 6.26 Å². The Balaban J connectivity index is 0.00000137. The topological polar surface area (TPSA) is 27.0 Å². The maximum absolute atomic E-state index is 8.94. The summed E-state index contributed by atoms with van der Waals surface area (Å²) in [6.07, 6.45) is 3.90. The fourth-order valence-electron chi connectivity index (χ4n) is 1.76. The van der Waals surface area contributed by atoms with Crippen LogP contribution in [0.2, 0.25) is 0 Å². The summed E-state index contributed by atoms with van der Waals surface area (Å²) in [6.45, 7) is 6.36. The molecule has 1 rings (SSSR count). The third-order valence-electron chi connectivity index (χ3n) is 2.81. The van der Waals surface area contributed by atoms with Crippen molar-refractivity contribution in [3.8, 4) is 6.07 Å². The molecule has 0 aliphatic rings. The van der Waals surface area contributed by atoms with Crippen LogP contribution in [0.3, 0.4) is 0 Å². The van der Waals surface area contributed by atoms with Gasteiger partial charge in [0.1, 0.15) is 0 Å². The van der Waals surface area contributed by atoms with Gasteiger partial charge in [-0.3, -0.25) is 0 Å².